The lowest BCUT2D eigenvalue weighted by Crippen LogP contribution is -2.48. The van der Waals surface area contributed by atoms with Crippen LogP contribution in [0.25, 0.3) is 0 Å². The summed E-state index contributed by atoms with van der Waals surface area (Å²) in [6.45, 7) is 6.15. The van der Waals surface area contributed by atoms with Crippen LogP contribution in [0.5, 0.6) is 11.5 Å². The van der Waals surface area contributed by atoms with Crippen LogP contribution in [0.15, 0.2) is 83.8 Å². The molecule has 0 saturated carbocycles. The summed E-state index contributed by atoms with van der Waals surface area (Å²) in [4.78, 5) is 4.90. The zero-order valence-corrected chi connectivity index (χ0v) is 20.0. The van der Waals surface area contributed by atoms with E-state index in [0.717, 1.165) is 31.7 Å². The Bertz CT molecular complexity index is 1140. The van der Waals surface area contributed by atoms with Crippen molar-refractivity contribution in [2.45, 2.75) is 17.9 Å². The van der Waals surface area contributed by atoms with E-state index in [2.05, 4.69) is 40.6 Å². The number of benzene rings is 3. The van der Waals surface area contributed by atoms with Crippen LogP contribution in [0.3, 0.4) is 0 Å². The van der Waals surface area contributed by atoms with E-state index in [1.807, 2.05) is 42.5 Å². The Balaban J connectivity index is 1.48. The maximum atomic E-state index is 13.1. The average Bonchev–Trinajstić information content (AvgIpc) is 2.82. The molecule has 1 aliphatic rings. The molecule has 4 rings (SSSR count). The monoisotopic (exact) mass is 465 g/mol. The Hall–Kier alpha value is -2.71. The third kappa shape index (κ3) is 6.00. The predicted octanol–water partition coefficient (Wildman–Crippen LogP) is 4.05. The number of piperazine rings is 1. The number of aryl methyl sites for hydroxylation is 1. The first-order chi connectivity index (χ1) is 15.9. The minimum atomic E-state index is -3.66. The molecular formula is C26H31N3O3S. The van der Waals surface area contributed by atoms with E-state index in [9.17, 15) is 8.42 Å². The smallest absolute Gasteiger partial charge is 0.240 e. The number of nitrogens with one attached hydrogen (secondary N) is 1. The molecule has 174 valence electrons. The third-order valence-electron chi connectivity index (χ3n) is 6.11. The van der Waals surface area contributed by atoms with E-state index in [1.165, 1.54) is 5.56 Å². The van der Waals surface area contributed by atoms with Gasteiger partial charge in [0.1, 0.15) is 11.5 Å². The van der Waals surface area contributed by atoms with E-state index < -0.39 is 10.0 Å². The van der Waals surface area contributed by atoms with Gasteiger partial charge in [0.2, 0.25) is 10.0 Å². The van der Waals surface area contributed by atoms with E-state index in [0.29, 0.717) is 18.0 Å². The third-order valence-corrected chi connectivity index (χ3v) is 7.55. The molecule has 1 fully saturated rings. The van der Waals surface area contributed by atoms with Crippen LogP contribution >= 0.6 is 0 Å². The number of para-hydroxylation sites is 1. The Morgan fingerprint density at radius 3 is 2.12 bits per heavy atom. The molecule has 0 bridgehead atoms. The molecule has 3 aromatic carbocycles. The van der Waals surface area contributed by atoms with Crippen LogP contribution in [0.2, 0.25) is 0 Å². The van der Waals surface area contributed by atoms with Gasteiger partial charge in [-0.05, 0) is 61.5 Å². The second kappa shape index (κ2) is 10.5. The van der Waals surface area contributed by atoms with Gasteiger partial charge in [-0.25, -0.2) is 13.1 Å². The maximum absolute atomic E-state index is 13.1. The summed E-state index contributed by atoms with van der Waals surface area (Å²) in [6.07, 6.45) is 0. The standard InChI is InChI=1S/C26H31N3O3S/c1-21-8-6-7-11-25(21)26(29-18-16-28(2)17-19-29)20-27-33(30,31)24-14-12-23(13-15-24)32-22-9-4-3-5-10-22/h3-15,26-27H,16-20H2,1-2H3. The molecule has 0 radical (unpaired) electrons. The zero-order chi connectivity index (χ0) is 23.3. The number of hydrogen-bond donors (Lipinski definition) is 1. The van der Waals surface area contributed by atoms with Crippen LogP contribution in [0.4, 0.5) is 0 Å². The van der Waals surface area contributed by atoms with Gasteiger partial charge >= 0.3 is 0 Å². The first-order valence-corrected chi connectivity index (χ1v) is 12.7. The molecule has 0 amide bonds. The van der Waals surface area contributed by atoms with Crippen molar-refractivity contribution in [1.82, 2.24) is 14.5 Å². The minimum absolute atomic E-state index is 0.0182. The highest BCUT2D eigenvalue weighted by Crippen LogP contribution is 2.26. The molecule has 7 heteroatoms. The predicted molar refractivity (Wildman–Crippen MR) is 131 cm³/mol. The van der Waals surface area contributed by atoms with Crippen molar-refractivity contribution in [2.75, 3.05) is 39.8 Å². The summed E-state index contributed by atoms with van der Waals surface area (Å²) < 4.78 is 34.8. The van der Waals surface area contributed by atoms with Crippen molar-refractivity contribution in [3.8, 4) is 11.5 Å². The molecule has 0 spiro atoms. The summed E-state index contributed by atoms with van der Waals surface area (Å²) >= 11 is 0. The van der Waals surface area contributed by atoms with Gasteiger partial charge in [0.05, 0.1) is 4.90 Å². The van der Waals surface area contributed by atoms with Crippen molar-refractivity contribution in [3.63, 3.8) is 0 Å². The molecule has 1 N–H and O–H groups in total. The van der Waals surface area contributed by atoms with E-state index in [1.54, 1.807) is 24.3 Å². The highest BCUT2D eigenvalue weighted by Gasteiger charge is 2.27. The molecule has 1 saturated heterocycles. The normalized spacial score (nSPS) is 16.4. The van der Waals surface area contributed by atoms with Crippen molar-refractivity contribution >= 4 is 10.0 Å². The highest BCUT2D eigenvalue weighted by atomic mass is 32.2. The van der Waals surface area contributed by atoms with Gasteiger partial charge in [-0.2, -0.15) is 0 Å². The molecule has 0 aromatic heterocycles. The Morgan fingerprint density at radius 1 is 0.848 bits per heavy atom. The number of hydrogen-bond acceptors (Lipinski definition) is 5. The number of likely N-dealkylation sites (N-methyl/N-ethyl adjacent to an activating group) is 1. The lowest BCUT2D eigenvalue weighted by atomic mass is 9.99. The summed E-state index contributed by atoms with van der Waals surface area (Å²) in [5, 5.41) is 0. The minimum Gasteiger partial charge on any atom is -0.457 e. The lowest BCUT2D eigenvalue weighted by Gasteiger charge is -2.38. The van der Waals surface area contributed by atoms with E-state index >= 15 is 0 Å². The van der Waals surface area contributed by atoms with Gasteiger partial charge in [0.25, 0.3) is 0 Å². The molecular weight excluding hydrogens is 434 g/mol. The molecule has 0 aliphatic carbocycles. The van der Waals surface area contributed by atoms with Gasteiger partial charge in [-0.3, -0.25) is 4.90 Å². The van der Waals surface area contributed by atoms with Crippen molar-refractivity contribution in [2.24, 2.45) is 0 Å². The summed E-state index contributed by atoms with van der Waals surface area (Å²) in [5.74, 6) is 1.30. The fourth-order valence-corrected chi connectivity index (χ4v) is 5.15. The van der Waals surface area contributed by atoms with Crippen LogP contribution in [0.1, 0.15) is 17.2 Å². The molecule has 1 aliphatic heterocycles. The molecule has 1 heterocycles. The van der Waals surface area contributed by atoms with Gasteiger partial charge in [0, 0.05) is 38.8 Å². The average molecular weight is 466 g/mol. The number of ether oxygens (including phenoxy) is 1. The Kier molecular flexibility index (Phi) is 7.45. The number of rotatable bonds is 8. The van der Waals surface area contributed by atoms with Crippen LogP contribution in [-0.4, -0.2) is 58.0 Å². The first-order valence-electron chi connectivity index (χ1n) is 11.2. The molecule has 33 heavy (non-hydrogen) atoms. The fourth-order valence-electron chi connectivity index (χ4n) is 4.11. The fraction of sp³-hybridized carbons (Fsp3) is 0.308. The van der Waals surface area contributed by atoms with E-state index in [-0.39, 0.29) is 10.9 Å². The molecule has 1 atom stereocenters. The van der Waals surface area contributed by atoms with Crippen LogP contribution in [-0.2, 0) is 10.0 Å². The van der Waals surface area contributed by atoms with Gasteiger partial charge in [-0.1, -0.05) is 42.5 Å². The lowest BCUT2D eigenvalue weighted by molar-refractivity contribution is 0.112. The summed E-state index contributed by atoms with van der Waals surface area (Å²) in [6, 6.07) is 24.1. The molecule has 1 unspecified atom stereocenters. The van der Waals surface area contributed by atoms with Crippen molar-refractivity contribution < 1.29 is 13.2 Å². The van der Waals surface area contributed by atoms with Crippen molar-refractivity contribution in [1.29, 1.82) is 0 Å². The van der Waals surface area contributed by atoms with Crippen LogP contribution in [0, 0.1) is 6.92 Å². The second-order valence-electron chi connectivity index (χ2n) is 8.45. The highest BCUT2D eigenvalue weighted by molar-refractivity contribution is 7.89. The largest absolute Gasteiger partial charge is 0.457 e. The molecule has 3 aromatic rings. The van der Waals surface area contributed by atoms with Gasteiger partial charge < -0.3 is 9.64 Å². The topological polar surface area (TPSA) is 61.9 Å². The molecule has 6 nitrogen and oxygen atoms in total. The van der Waals surface area contributed by atoms with E-state index in [4.69, 9.17) is 4.74 Å². The first kappa shape index (κ1) is 23.4. The summed E-state index contributed by atoms with van der Waals surface area (Å²) in [7, 11) is -1.54. The number of sulfonamides is 1. The summed E-state index contributed by atoms with van der Waals surface area (Å²) in [5.41, 5.74) is 2.33. The van der Waals surface area contributed by atoms with Crippen molar-refractivity contribution in [3.05, 3.63) is 90.0 Å². The Labute approximate surface area is 196 Å². The second-order valence-corrected chi connectivity index (χ2v) is 10.2. The van der Waals surface area contributed by atoms with Crippen LogP contribution < -0.4 is 9.46 Å². The zero-order valence-electron chi connectivity index (χ0n) is 19.1. The van der Waals surface area contributed by atoms with Gasteiger partial charge in [-0.15, -0.1) is 0 Å². The van der Waals surface area contributed by atoms with Gasteiger partial charge in [0.15, 0.2) is 0 Å². The Morgan fingerprint density at radius 2 is 1.45 bits per heavy atom. The SMILES string of the molecule is Cc1ccccc1C(CNS(=O)(=O)c1ccc(Oc2ccccc2)cc1)N1CCN(C)CC1. The number of nitrogens with zero attached hydrogens (tertiary/aromatic N) is 2. The maximum Gasteiger partial charge on any atom is 0.240 e. The quantitative estimate of drug-likeness (QED) is 0.544.